The Kier molecular flexibility index (Phi) is 3.54. The summed E-state index contributed by atoms with van der Waals surface area (Å²) in [6.45, 7) is 4.30. The Morgan fingerprint density at radius 3 is 2.68 bits per heavy atom. The number of carbonyl (C=O) groups is 1. The lowest BCUT2D eigenvalue weighted by Gasteiger charge is -2.38. The maximum atomic E-state index is 12.7. The fourth-order valence-corrected chi connectivity index (χ4v) is 4.97. The van der Waals surface area contributed by atoms with Crippen LogP contribution in [0, 0.1) is 17.8 Å². The lowest BCUT2D eigenvalue weighted by Crippen LogP contribution is -2.47. The molecule has 2 saturated heterocycles. The number of fused-ring (bicyclic) bond motifs is 1. The summed E-state index contributed by atoms with van der Waals surface area (Å²) < 4.78 is 1.97. The summed E-state index contributed by atoms with van der Waals surface area (Å²) in [7, 11) is 0. The molecule has 3 heterocycles. The van der Waals surface area contributed by atoms with Crippen LogP contribution in [0.4, 0.5) is 4.79 Å². The van der Waals surface area contributed by atoms with Gasteiger partial charge in [-0.15, -0.1) is 10.2 Å². The summed E-state index contributed by atoms with van der Waals surface area (Å²) in [5.74, 6) is 3.28. The fraction of sp³-hybridized carbons (Fsp3) is 0.812. The van der Waals surface area contributed by atoms with Crippen molar-refractivity contribution in [2.24, 2.45) is 17.8 Å². The summed E-state index contributed by atoms with van der Waals surface area (Å²) in [5, 5.41) is 11.1. The van der Waals surface area contributed by atoms with Gasteiger partial charge in [0.05, 0.1) is 6.54 Å². The lowest BCUT2D eigenvalue weighted by molar-refractivity contribution is 0.131. The number of hydrogen-bond donors (Lipinski definition) is 1. The van der Waals surface area contributed by atoms with Crippen molar-refractivity contribution in [3.8, 4) is 0 Å². The highest BCUT2D eigenvalue weighted by Crippen LogP contribution is 2.47. The molecule has 4 aliphatic rings. The van der Waals surface area contributed by atoms with E-state index in [1.165, 1.54) is 32.1 Å². The van der Waals surface area contributed by atoms with E-state index in [1.54, 1.807) is 6.33 Å². The maximum Gasteiger partial charge on any atom is 0.318 e. The van der Waals surface area contributed by atoms with E-state index in [4.69, 9.17) is 0 Å². The average Bonchev–Trinajstić information content (AvgIpc) is 2.87. The number of carbonyl (C=O) groups excluding carboxylic acids is 1. The van der Waals surface area contributed by atoms with Crippen LogP contribution in [0.2, 0.25) is 0 Å². The molecular formula is C16H25N5O. The Hall–Kier alpha value is -1.59. The number of hydrogen-bond acceptors (Lipinski definition) is 3. The van der Waals surface area contributed by atoms with Gasteiger partial charge in [0.2, 0.25) is 0 Å². The van der Waals surface area contributed by atoms with Crippen molar-refractivity contribution < 1.29 is 4.79 Å². The zero-order chi connectivity index (χ0) is 15.1. The predicted octanol–water partition coefficient (Wildman–Crippen LogP) is 2.02. The molecule has 0 spiro atoms. The minimum Gasteiger partial charge on any atom is -0.331 e. The van der Waals surface area contributed by atoms with Crippen molar-refractivity contribution in [2.45, 2.75) is 58.2 Å². The normalized spacial score (nSPS) is 33.0. The topological polar surface area (TPSA) is 63.1 Å². The highest BCUT2D eigenvalue weighted by molar-refractivity contribution is 5.74. The van der Waals surface area contributed by atoms with Gasteiger partial charge in [-0.05, 0) is 56.8 Å². The zero-order valence-electron chi connectivity index (χ0n) is 13.2. The third-order valence-electron chi connectivity index (χ3n) is 5.80. The number of nitrogens with zero attached hydrogens (tertiary/aromatic N) is 4. The summed E-state index contributed by atoms with van der Waals surface area (Å²) in [6.07, 6.45) is 8.22. The standard InChI is InChI=1S/C16H25N5O/c1-2-20-10-18-19-15(20)8-17-16(22)21-9-13-4-11-3-12(5-13)7-14(21)6-11/h10-14H,2-9H2,1H3,(H,17,22). The average molecular weight is 303 g/mol. The summed E-state index contributed by atoms with van der Waals surface area (Å²) in [4.78, 5) is 14.8. The first-order valence-electron chi connectivity index (χ1n) is 8.64. The number of rotatable bonds is 3. The van der Waals surface area contributed by atoms with Gasteiger partial charge in [0.1, 0.15) is 6.33 Å². The van der Waals surface area contributed by atoms with Gasteiger partial charge in [-0.1, -0.05) is 0 Å². The van der Waals surface area contributed by atoms with Gasteiger partial charge in [-0.3, -0.25) is 0 Å². The second-order valence-corrected chi connectivity index (χ2v) is 7.27. The van der Waals surface area contributed by atoms with E-state index in [-0.39, 0.29) is 6.03 Å². The van der Waals surface area contributed by atoms with Crippen LogP contribution in [0.5, 0.6) is 0 Å². The first-order chi connectivity index (χ1) is 10.7. The molecule has 2 aliphatic heterocycles. The van der Waals surface area contributed by atoms with Crippen molar-refractivity contribution in [3.63, 3.8) is 0 Å². The predicted molar refractivity (Wildman–Crippen MR) is 82.0 cm³/mol. The van der Waals surface area contributed by atoms with Crippen molar-refractivity contribution in [1.82, 2.24) is 25.0 Å². The maximum absolute atomic E-state index is 12.7. The van der Waals surface area contributed by atoms with Crippen LogP contribution in [0.25, 0.3) is 0 Å². The summed E-state index contributed by atoms with van der Waals surface area (Å²) in [6, 6.07) is 0.546. The molecule has 2 amide bonds. The molecule has 5 rings (SSSR count). The Balaban J connectivity index is 1.42. The Bertz CT molecular complexity index is 542. The molecule has 1 aromatic rings. The third-order valence-corrected chi connectivity index (χ3v) is 5.80. The van der Waals surface area contributed by atoms with Crippen molar-refractivity contribution in [2.75, 3.05) is 6.54 Å². The Labute approximate surface area is 131 Å². The first-order valence-corrected chi connectivity index (χ1v) is 8.64. The molecule has 2 atom stereocenters. The van der Waals surface area contributed by atoms with Crippen molar-refractivity contribution in [3.05, 3.63) is 12.2 Å². The van der Waals surface area contributed by atoms with Gasteiger partial charge in [-0.2, -0.15) is 0 Å². The quantitative estimate of drug-likeness (QED) is 0.929. The lowest BCUT2D eigenvalue weighted by atomic mass is 9.68. The molecule has 6 heteroatoms. The van der Waals surface area contributed by atoms with E-state index in [1.807, 2.05) is 4.57 Å². The van der Waals surface area contributed by atoms with Gasteiger partial charge in [0, 0.05) is 19.1 Å². The Morgan fingerprint density at radius 1 is 1.23 bits per heavy atom. The zero-order valence-corrected chi connectivity index (χ0v) is 13.2. The molecule has 0 radical (unpaired) electrons. The largest absolute Gasteiger partial charge is 0.331 e. The molecule has 120 valence electrons. The van der Waals surface area contributed by atoms with Gasteiger partial charge in [0.25, 0.3) is 0 Å². The van der Waals surface area contributed by atoms with Crippen molar-refractivity contribution >= 4 is 6.03 Å². The summed E-state index contributed by atoms with van der Waals surface area (Å²) >= 11 is 0. The SMILES string of the molecule is CCn1cnnc1CNC(=O)N1CC2CC3CC(C2)CC1C3. The number of nitrogens with one attached hydrogen (secondary N) is 1. The van der Waals surface area contributed by atoms with Crippen LogP contribution in [0.3, 0.4) is 0 Å². The van der Waals surface area contributed by atoms with E-state index in [0.717, 1.165) is 36.7 Å². The second-order valence-electron chi connectivity index (χ2n) is 7.27. The van der Waals surface area contributed by atoms with Crippen LogP contribution in [-0.2, 0) is 13.1 Å². The number of aromatic nitrogens is 3. The molecule has 2 unspecified atom stereocenters. The monoisotopic (exact) mass is 303 g/mol. The van der Waals surface area contributed by atoms with E-state index in [0.29, 0.717) is 12.6 Å². The Morgan fingerprint density at radius 2 is 1.95 bits per heavy atom. The molecule has 22 heavy (non-hydrogen) atoms. The molecule has 4 fully saturated rings. The molecule has 4 bridgehead atoms. The highest BCUT2D eigenvalue weighted by atomic mass is 16.2. The van der Waals surface area contributed by atoms with E-state index < -0.39 is 0 Å². The van der Waals surface area contributed by atoms with Crippen LogP contribution < -0.4 is 5.32 Å². The minimum absolute atomic E-state index is 0.0869. The van der Waals surface area contributed by atoms with Crippen molar-refractivity contribution in [1.29, 1.82) is 0 Å². The highest BCUT2D eigenvalue weighted by Gasteiger charge is 2.43. The van der Waals surface area contributed by atoms with Gasteiger partial charge >= 0.3 is 6.03 Å². The molecule has 1 aromatic heterocycles. The summed E-state index contributed by atoms with van der Waals surface area (Å²) in [5.41, 5.74) is 0. The second kappa shape index (κ2) is 5.56. The molecule has 2 aliphatic carbocycles. The van der Waals surface area contributed by atoms with E-state index in [2.05, 4.69) is 27.3 Å². The van der Waals surface area contributed by atoms with Crippen LogP contribution in [-0.4, -0.2) is 38.3 Å². The van der Waals surface area contributed by atoms with E-state index in [9.17, 15) is 4.79 Å². The fourth-order valence-electron chi connectivity index (χ4n) is 4.97. The van der Waals surface area contributed by atoms with E-state index >= 15 is 0 Å². The smallest absolute Gasteiger partial charge is 0.318 e. The van der Waals surface area contributed by atoms with Crippen LogP contribution in [0.1, 0.15) is 44.9 Å². The van der Waals surface area contributed by atoms with Gasteiger partial charge in [-0.25, -0.2) is 4.79 Å². The van der Waals surface area contributed by atoms with Gasteiger partial charge in [0.15, 0.2) is 5.82 Å². The molecule has 1 N–H and O–H groups in total. The number of urea groups is 1. The van der Waals surface area contributed by atoms with Gasteiger partial charge < -0.3 is 14.8 Å². The first kappa shape index (κ1) is 14.0. The molecule has 6 nitrogen and oxygen atoms in total. The number of amides is 2. The molecular weight excluding hydrogens is 278 g/mol. The molecule has 0 aromatic carbocycles. The third kappa shape index (κ3) is 2.48. The number of aryl methyl sites for hydroxylation is 1. The van der Waals surface area contributed by atoms with Crippen LogP contribution >= 0.6 is 0 Å². The minimum atomic E-state index is 0.0869. The van der Waals surface area contributed by atoms with Crippen LogP contribution in [0.15, 0.2) is 6.33 Å². The molecule has 2 saturated carbocycles.